The van der Waals surface area contributed by atoms with Crippen molar-refractivity contribution in [2.24, 2.45) is 0 Å². The lowest BCUT2D eigenvalue weighted by Crippen LogP contribution is -2.07. The van der Waals surface area contributed by atoms with E-state index in [9.17, 15) is 0 Å². The maximum atomic E-state index is 5.94. The summed E-state index contributed by atoms with van der Waals surface area (Å²) in [4.78, 5) is 9.22. The van der Waals surface area contributed by atoms with E-state index in [-0.39, 0.29) is 0 Å². The van der Waals surface area contributed by atoms with Crippen LogP contribution in [0.4, 0.5) is 5.69 Å². The van der Waals surface area contributed by atoms with Crippen LogP contribution in [0.3, 0.4) is 0 Å². The summed E-state index contributed by atoms with van der Waals surface area (Å²) in [6.45, 7) is 2.02. The van der Waals surface area contributed by atoms with Crippen LogP contribution in [0.1, 0.15) is 29.7 Å². The Morgan fingerprint density at radius 1 is 1.17 bits per heavy atom. The van der Waals surface area contributed by atoms with Gasteiger partial charge in [0.05, 0.1) is 0 Å². The summed E-state index contributed by atoms with van der Waals surface area (Å²) in [5.74, 6) is 0.806. The van der Waals surface area contributed by atoms with Crippen LogP contribution in [0.15, 0.2) is 24.4 Å². The standard InChI is InChI=1S/C15H17N3/c1-10-12(6-4-7-13(10)16)15-17-9-11-5-2-3-8-14(11)18-15/h4,6-7,9H,2-3,5,8,16H2,1H3. The Labute approximate surface area is 107 Å². The first-order valence-corrected chi connectivity index (χ1v) is 6.46. The SMILES string of the molecule is Cc1c(N)cccc1-c1ncc2c(n1)CCCC2. The molecule has 1 heterocycles. The highest BCUT2D eigenvalue weighted by atomic mass is 14.9. The molecule has 0 atom stereocenters. The van der Waals surface area contributed by atoms with Crippen LogP contribution in [0.2, 0.25) is 0 Å². The molecule has 1 aromatic heterocycles. The van der Waals surface area contributed by atoms with Crippen LogP contribution < -0.4 is 5.73 Å². The molecule has 1 aliphatic carbocycles. The summed E-state index contributed by atoms with van der Waals surface area (Å²) < 4.78 is 0. The fourth-order valence-corrected chi connectivity index (χ4v) is 2.50. The third-order valence-electron chi connectivity index (χ3n) is 3.68. The highest BCUT2D eigenvalue weighted by Gasteiger charge is 2.14. The van der Waals surface area contributed by atoms with Gasteiger partial charge >= 0.3 is 0 Å². The molecule has 0 saturated carbocycles. The van der Waals surface area contributed by atoms with E-state index in [0.29, 0.717) is 0 Å². The fourth-order valence-electron chi connectivity index (χ4n) is 2.50. The number of nitrogen functional groups attached to an aromatic ring is 1. The number of anilines is 1. The molecular formula is C15H17N3. The molecule has 1 aliphatic rings. The second-order valence-corrected chi connectivity index (χ2v) is 4.89. The van der Waals surface area contributed by atoms with E-state index in [2.05, 4.69) is 4.98 Å². The number of fused-ring (bicyclic) bond motifs is 1. The van der Waals surface area contributed by atoms with Crippen LogP contribution in [0.25, 0.3) is 11.4 Å². The van der Waals surface area contributed by atoms with E-state index in [0.717, 1.165) is 35.5 Å². The van der Waals surface area contributed by atoms with E-state index in [1.165, 1.54) is 24.1 Å². The van der Waals surface area contributed by atoms with E-state index in [4.69, 9.17) is 10.7 Å². The smallest absolute Gasteiger partial charge is 0.159 e. The van der Waals surface area contributed by atoms with Gasteiger partial charge in [-0.25, -0.2) is 9.97 Å². The van der Waals surface area contributed by atoms with Crippen molar-refractivity contribution < 1.29 is 0 Å². The molecule has 0 amide bonds. The molecule has 0 spiro atoms. The lowest BCUT2D eigenvalue weighted by atomic mass is 9.97. The molecule has 0 fully saturated rings. The number of nitrogens with two attached hydrogens (primary N) is 1. The maximum Gasteiger partial charge on any atom is 0.159 e. The number of rotatable bonds is 1. The summed E-state index contributed by atoms with van der Waals surface area (Å²) >= 11 is 0. The molecule has 0 saturated heterocycles. The summed E-state index contributed by atoms with van der Waals surface area (Å²) in [5.41, 5.74) is 11.4. The molecule has 0 radical (unpaired) electrons. The Morgan fingerprint density at radius 2 is 2.00 bits per heavy atom. The van der Waals surface area contributed by atoms with Crippen molar-refractivity contribution in [2.45, 2.75) is 32.6 Å². The molecule has 3 heteroatoms. The molecule has 1 aromatic carbocycles. The highest BCUT2D eigenvalue weighted by molar-refractivity contribution is 5.67. The van der Waals surface area contributed by atoms with Gasteiger partial charge in [-0.2, -0.15) is 0 Å². The Morgan fingerprint density at radius 3 is 2.89 bits per heavy atom. The lowest BCUT2D eigenvalue weighted by molar-refractivity contribution is 0.663. The van der Waals surface area contributed by atoms with Gasteiger partial charge < -0.3 is 5.73 Å². The lowest BCUT2D eigenvalue weighted by Gasteiger charge is -2.15. The average molecular weight is 239 g/mol. The summed E-state index contributed by atoms with van der Waals surface area (Å²) in [5, 5.41) is 0. The molecule has 0 bridgehead atoms. The minimum absolute atomic E-state index is 0.800. The van der Waals surface area contributed by atoms with Gasteiger partial charge in [-0.05, 0) is 49.8 Å². The zero-order valence-electron chi connectivity index (χ0n) is 10.6. The molecule has 3 rings (SSSR count). The van der Waals surface area contributed by atoms with Crippen LogP contribution >= 0.6 is 0 Å². The average Bonchev–Trinajstić information content (AvgIpc) is 2.41. The fraction of sp³-hybridized carbons (Fsp3) is 0.333. The molecule has 92 valence electrons. The first kappa shape index (κ1) is 11.2. The van der Waals surface area contributed by atoms with Gasteiger partial charge in [0.25, 0.3) is 0 Å². The maximum absolute atomic E-state index is 5.94. The molecule has 18 heavy (non-hydrogen) atoms. The van der Waals surface area contributed by atoms with Gasteiger partial charge in [0.15, 0.2) is 5.82 Å². The number of aromatic nitrogens is 2. The molecule has 3 nitrogen and oxygen atoms in total. The minimum atomic E-state index is 0.800. The number of aryl methyl sites for hydroxylation is 2. The minimum Gasteiger partial charge on any atom is -0.398 e. The Kier molecular flexibility index (Phi) is 2.74. The third kappa shape index (κ3) is 1.86. The van der Waals surface area contributed by atoms with Crippen molar-refractivity contribution in [3.63, 3.8) is 0 Å². The predicted octanol–water partition coefficient (Wildman–Crippen LogP) is 2.91. The number of hydrogen-bond donors (Lipinski definition) is 1. The number of nitrogens with zero attached hydrogens (tertiary/aromatic N) is 2. The van der Waals surface area contributed by atoms with Gasteiger partial charge in [-0.15, -0.1) is 0 Å². The van der Waals surface area contributed by atoms with Crippen molar-refractivity contribution in [1.29, 1.82) is 0 Å². The monoisotopic (exact) mass is 239 g/mol. The number of hydrogen-bond acceptors (Lipinski definition) is 3. The zero-order chi connectivity index (χ0) is 12.5. The summed E-state index contributed by atoms with van der Waals surface area (Å²) in [6.07, 6.45) is 6.67. The van der Waals surface area contributed by atoms with E-state index in [1.807, 2.05) is 31.3 Å². The van der Waals surface area contributed by atoms with Crippen LogP contribution in [0.5, 0.6) is 0 Å². The Balaban J connectivity index is 2.09. The van der Waals surface area contributed by atoms with Gasteiger partial charge in [-0.1, -0.05) is 12.1 Å². The van der Waals surface area contributed by atoms with Gasteiger partial charge in [-0.3, -0.25) is 0 Å². The summed E-state index contributed by atoms with van der Waals surface area (Å²) in [7, 11) is 0. The van der Waals surface area contributed by atoms with Crippen LogP contribution in [-0.4, -0.2) is 9.97 Å². The largest absolute Gasteiger partial charge is 0.398 e. The van der Waals surface area contributed by atoms with Crippen molar-refractivity contribution >= 4 is 5.69 Å². The highest BCUT2D eigenvalue weighted by Crippen LogP contribution is 2.26. The topological polar surface area (TPSA) is 51.8 Å². The second-order valence-electron chi connectivity index (χ2n) is 4.89. The van der Waals surface area contributed by atoms with E-state index in [1.54, 1.807) is 0 Å². The summed E-state index contributed by atoms with van der Waals surface area (Å²) in [6, 6.07) is 5.91. The molecule has 0 aliphatic heterocycles. The van der Waals surface area contributed by atoms with Crippen molar-refractivity contribution in [3.05, 3.63) is 41.2 Å². The van der Waals surface area contributed by atoms with Crippen LogP contribution in [0, 0.1) is 6.92 Å². The molecule has 2 N–H and O–H groups in total. The van der Waals surface area contributed by atoms with Gasteiger partial charge in [0.1, 0.15) is 0 Å². The predicted molar refractivity (Wildman–Crippen MR) is 73.3 cm³/mol. The van der Waals surface area contributed by atoms with Crippen molar-refractivity contribution in [1.82, 2.24) is 9.97 Å². The molecule has 2 aromatic rings. The van der Waals surface area contributed by atoms with E-state index < -0.39 is 0 Å². The van der Waals surface area contributed by atoms with E-state index >= 15 is 0 Å². The Hall–Kier alpha value is -1.90. The van der Waals surface area contributed by atoms with Gasteiger partial charge in [0, 0.05) is 23.1 Å². The van der Waals surface area contributed by atoms with Crippen molar-refractivity contribution in [3.8, 4) is 11.4 Å². The third-order valence-corrected chi connectivity index (χ3v) is 3.68. The quantitative estimate of drug-likeness (QED) is 0.778. The first-order valence-electron chi connectivity index (χ1n) is 6.46. The zero-order valence-corrected chi connectivity index (χ0v) is 10.6. The second kappa shape index (κ2) is 4.41. The first-order chi connectivity index (χ1) is 8.75. The number of benzene rings is 1. The Bertz CT molecular complexity index is 590. The van der Waals surface area contributed by atoms with Crippen molar-refractivity contribution in [2.75, 3.05) is 5.73 Å². The normalized spacial score (nSPS) is 14.3. The van der Waals surface area contributed by atoms with Gasteiger partial charge in [0.2, 0.25) is 0 Å². The molecular weight excluding hydrogens is 222 g/mol. The molecule has 0 unspecified atom stereocenters. The van der Waals surface area contributed by atoms with Crippen LogP contribution in [-0.2, 0) is 12.8 Å².